The van der Waals surface area contributed by atoms with Crippen molar-refractivity contribution in [1.82, 2.24) is 15.1 Å². The van der Waals surface area contributed by atoms with Gasteiger partial charge in [0.15, 0.2) is 0 Å². The summed E-state index contributed by atoms with van der Waals surface area (Å²) < 4.78 is 5.47. The van der Waals surface area contributed by atoms with Crippen LogP contribution in [0.15, 0.2) is 47.1 Å². The third kappa shape index (κ3) is 3.74. The molecule has 2 saturated heterocycles. The first-order chi connectivity index (χ1) is 13.7. The van der Waals surface area contributed by atoms with Crippen molar-refractivity contribution in [2.75, 3.05) is 19.6 Å². The highest BCUT2D eigenvalue weighted by molar-refractivity contribution is 5.80. The maximum Gasteiger partial charge on any atom is 0.224 e. The molecule has 1 atom stereocenters. The van der Waals surface area contributed by atoms with E-state index in [9.17, 15) is 4.79 Å². The summed E-state index contributed by atoms with van der Waals surface area (Å²) in [6.45, 7) is 3.93. The number of nitrogens with one attached hydrogen (secondary N) is 1. The molecule has 28 heavy (non-hydrogen) atoms. The molecule has 1 aromatic carbocycles. The van der Waals surface area contributed by atoms with Crippen molar-refractivity contribution in [2.45, 2.75) is 56.8 Å². The van der Waals surface area contributed by atoms with Gasteiger partial charge in [0, 0.05) is 44.2 Å². The Balaban J connectivity index is 1.11. The van der Waals surface area contributed by atoms with Crippen molar-refractivity contribution in [3.63, 3.8) is 0 Å². The van der Waals surface area contributed by atoms with Crippen LogP contribution in [0.3, 0.4) is 0 Å². The molecule has 2 aromatic rings. The number of piperidine rings is 1. The molecule has 5 rings (SSSR count). The molecule has 5 nitrogen and oxygen atoms in total. The number of fused-ring (bicyclic) bond motifs is 1. The van der Waals surface area contributed by atoms with Crippen LogP contribution in [0.1, 0.15) is 36.1 Å². The zero-order valence-corrected chi connectivity index (χ0v) is 16.3. The van der Waals surface area contributed by atoms with Crippen LogP contribution in [0.2, 0.25) is 0 Å². The predicted molar refractivity (Wildman–Crippen MR) is 108 cm³/mol. The van der Waals surface area contributed by atoms with Gasteiger partial charge < -0.3 is 14.6 Å². The van der Waals surface area contributed by atoms with Crippen LogP contribution >= 0.6 is 0 Å². The fourth-order valence-electron chi connectivity index (χ4n) is 5.17. The summed E-state index contributed by atoms with van der Waals surface area (Å²) in [6.07, 6.45) is 6.70. The lowest BCUT2D eigenvalue weighted by atomic mass is 10.0. The van der Waals surface area contributed by atoms with Gasteiger partial charge in [0.25, 0.3) is 0 Å². The Morgan fingerprint density at radius 1 is 0.964 bits per heavy atom. The Hall–Kier alpha value is -2.11. The zero-order valence-electron chi connectivity index (χ0n) is 16.3. The van der Waals surface area contributed by atoms with Crippen LogP contribution in [-0.2, 0) is 24.2 Å². The summed E-state index contributed by atoms with van der Waals surface area (Å²) in [7, 11) is 0. The summed E-state index contributed by atoms with van der Waals surface area (Å²) in [5.74, 6) is 1.37. The molecule has 1 aromatic heterocycles. The molecule has 1 amide bonds. The van der Waals surface area contributed by atoms with E-state index in [1.54, 1.807) is 6.26 Å². The van der Waals surface area contributed by atoms with E-state index in [0.717, 1.165) is 57.6 Å². The summed E-state index contributed by atoms with van der Waals surface area (Å²) in [6, 6.07) is 13.8. The number of likely N-dealkylation sites (tertiary alicyclic amines) is 2. The van der Waals surface area contributed by atoms with Crippen LogP contribution in [0.25, 0.3) is 0 Å². The van der Waals surface area contributed by atoms with Crippen molar-refractivity contribution in [1.29, 1.82) is 0 Å². The van der Waals surface area contributed by atoms with E-state index in [-0.39, 0.29) is 0 Å². The number of furan rings is 1. The largest absolute Gasteiger partial charge is 0.468 e. The van der Waals surface area contributed by atoms with Gasteiger partial charge in [-0.1, -0.05) is 24.3 Å². The van der Waals surface area contributed by atoms with E-state index in [2.05, 4.69) is 39.4 Å². The number of benzene rings is 1. The van der Waals surface area contributed by atoms with E-state index in [0.29, 0.717) is 30.5 Å². The molecule has 5 heteroatoms. The van der Waals surface area contributed by atoms with Gasteiger partial charge in [0.2, 0.25) is 5.91 Å². The Bertz CT molecular complexity index is 786. The molecule has 2 fully saturated rings. The number of carbonyl (C=O) groups is 1. The molecule has 0 spiro atoms. The molecule has 2 aliphatic heterocycles. The van der Waals surface area contributed by atoms with Crippen LogP contribution in [0.5, 0.6) is 0 Å². The second-order valence-electron chi connectivity index (χ2n) is 8.57. The second kappa shape index (κ2) is 7.72. The number of carbonyl (C=O) groups excluding carboxylic acids is 1. The smallest absolute Gasteiger partial charge is 0.224 e. The van der Waals surface area contributed by atoms with Gasteiger partial charge >= 0.3 is 0 Å². The highest BCUT2D eigenvalue weighted by Gasteiger charge is 2.37. The Morgan fingerprint density at radius 3 is 2.39 bits per heavy atom. The van der Waals surface area contributed by atoms with E-state index in [1.165, 1.54) is 11.1 Å². The van der Waals surface area contributed by atoms with Gasteiger partial charge in [0.1, 0.15) is 5.76 Å². The molecule has 1 aliphatic carbocycles. The lowest BCUT2D eigenvalue weighted by Crippen LogP contribution is -2.47. The number of nitrogens with zero attached hydrogens (tertiary/aromatic N) is 2. The SMILES string of the molecule is O=C1CC(NC2CCN(Cc3ccco3)CC2)CN1C1Cc2ccccc2C1. The maximum atomic E-state index is 12.7. The number of hydrogen-bond donors (Lipinski definition) is 1. The van der Waals surface area contributed by atoms with Crippen LogP contribution in [-0.4, -0.2) is 53.5 Å². The van der Waals surface area contributed by atoms with E-state index < -0.39 is 0 Å². The monoisotopic (exact) mass is 379 g/mol. The first-order valence-electron chi connectivity index (χ1n) is 10.6. The first kappa shape index (κ1) is 18.0. The van der Waals surface area contributed by atoms with Gasteiger partial charge in [-0.2, -0.15) is 0 Å². The zero-order chi connectivity index (χ0) is 18.9. The van der Waals surface area contributed by atoms with Crippen LogP contribution < -0.4 is 5.32 Å². The molecule has 0 bridgehead atoms. The predicted octanol–water partition coefficient (Wildman–Crippen LogP) is 2.60. The van der Waals surface area contributed by atoms with Gasteiger partial charge in [-0.05, 0) is 48.9 Å². The van der Waals surface area contributed by atoms with Gasteiger partial charge in [-0.25, -0.2) is 0 Å². The highest BCUT2D eigenvalue weighted by Crippen LogP contribution is 2.28. The Morgan fingerprint density at radius 2 is 1.71 bits per heavy atom. The Kier molecular flexibility index (Phi) is 4.95. The fourth-order valence-corrected chi connectivity index (χ4v) is 5.17. The molecular weight excluding hydrogens is 350 g/mol. The standard InChI is InChI=1S/C23H29N3O2/c27-23-14-20(15-26(23)21-12-17-4-1-2-5-18(17)13-21)24-19-7-9-25(10-8-19)16-22-6-3-11-28-22/h1-6,11,19-21,24H,7-10,12-16H2. The maximum absolute atomic E-state index is 12.7. The number of hydrogen-bond acceptors (Lipinski definition) is 4. The van der Waals surface area contributed by atoms with Crippen molar-refractivity contribution in [2.24, 2.45) is 0 Å². The molecule has 3 heterocycles. The topological polar surface area (TPSA) is 48.7 Å². The molecule has 1 N–H and O–H groups in total. The van der Waals surface area contributed by atoms with Crippen molar-refractivity contribution in [3.8, 4) is 0 Å². The van der Waals surface area contributed by atoms with Crippen LogP contribution in [0.4, 0.5) is 0 Å². The Labute approximate surface area is 166 Å². The second-order valence-corrected chi connectivity index (χ2v) is 8.57. The lowest BCUT2D eigenvalue weighted by Gasteiger charge is -2.33. The fraction of sp³-hybridized carbons (Fsp3) is 0.522. The summed E-state index contributed by atoms with van der Waals surface area (Å²) in [5.41, 5.74) is 2.83. The van der Waals surface area contributed by atoms with Crippen molar-refractivity contribution in [3.05, 3.63) is 59.5 Å². The van der Waals surface area contributed by atoms with E-state index in [4.69, 9.17) is 4.42 Å². The molecule has 3 aliphatic rings. The minimum atomic E-state index is 0.304. The normalized spacial score (nSPS) is 24.2. The third-order valence-corrected chi connectivity index (χ3v) is 6.65. The summed E-state index contributed by atoms with van der Waals surface area (Å²) in [5, 5.41) is 3.79. The third-order valence-electron chi connectivity index (χ3n) is 6.65. The lowest BCUT2D eigenvalue weighted by molar-refractivity contribution is -0.129. The molecule has 1 unspecified atom stereocenters. The van der Waals surface area contributed by atoms with Crippen molar-refractivity contribution >= 4 is 5.91 Å². The number of amides is 1. The summed E-state index contributed by atoms with van der Waals surface area (Å²) in [4.78, 5) is 17.3. The van der Waals surface area contributed by atoms with Gasteiger partial charge in [-0.3, -0.25) is 9.69 Å². The first-order valence-corrected chi connectivity index (χ1v) is 10.6. The average Bonchev–Trinajstić information content (AvgIpc) is 3.43. The number of rotatable bonds is 5. The molecular formula is C23H29N3O2. The molecule has 148 valence electrons. The quantitative estimate of drug-likeness (QED) is 0.868. The van der Waals surface area contributed by atoms with Gasteiger partial charge in [0.05, 0.1) is 12.8 Å². The van der Waals surface area contributed by atoms with Crippen molar-refractivity contribution < 1.29 is 9.21 Å². The van der Waals surface area contributed by atoms with E-state index in [1.807, 2.05) is 12.1 Å². The molecule has 0 saturated carbocycles. The van der Waals surface area contributed by atoms with Gasteiger partial charge in [-0.15, -0.1) is 0 Å². The average molecular weight is 380 g/mol. The summed E-state index contributed by atoms with van der Waals surface area (Å²) >= 11 is 0. The van der Waals surface area contributed by atoms with E-state index >= 15 is 0 Å². The minimum Gasteiger partial charge on any atom is -0.468 e. The minimum absolute atomic E-state index is 0.304. The molecule has 0 radical (unpaired) electrons. The van der Waals surface area contributed by atoms with Crippen LogP contribution in [0, 0.1) is 0 Å². The highest BCUT2D eigenvalue weighted by atomic mass is 16.3.